The lowest BCUT2D eigenvalue weighted by Crippen LogP contribution is -2.30. The summed E-state index contributed by atoms with van der Waals surface area (Å²) >= 11 is 0. The van der Waals surface area contributed by atoms with Crippen LogP contribution in [0.3, 0.4) is 0 Å². The van der Waals surface area contributed by atoms with Gasteiger partial charge in [-0.3, -0.25) is 10.1 Å². The van der Waals surface area contributed by atoms with E-state index < -0.39 is 4.92 Å². The molecule has 1 aromatic rings. The van der Waals surface area contributed by atoms with Crippen molar-refractivity contribution in [2.75, 3.05) is 32.1 Å². The highest BCUT2D eigenvalue weighted by molar-refractivity contribution is 5.59. The molecule has 0 amide bonds. The molecule has 7 heteroatoms. The Morgan fingerprint density at radius 3 is 2.94 bits per heavy atom. The molecule has 2 heterocycles. The number of nitrogens with one attached hydrogen (secondary N) is 1. The van der Waals surface area contributed by atoms with Gasteiger partial charge >= 0.3 is 5.69 Å². The van der Waals surface area contributed by atoms with Crippen LogP contribution in [0.25, 0.3) is 0 Å². The van der Waals surface area contributed by atoms with E-state index in [0.29, 0.717) is 17.7 Å². The summed E-state index contributed by atoms with van der Waals surface area (Å²) in [6, 6.07) is 3.29. The van der Waals surface area contributed by atoms with Crippen molar-refractivity contribution in [3.63, 3.8) is 0 Å². The van der Waals surface area contributed by atoms with Gasteiger partial charge in [0.2, 0.25) is 11.7 Å². The van der Waals surface area contributed by atoms with E-state index >= 15 is 0 Å². The number of nitro groups is 1. The number of anilines is 1. The molecule has 0 aliphatic carbocycles. The van der Waals surface area contributed by atoms with E-state index in [9.17, 15) is 10.1 Å². The Hall–Kier alpha value is -1.89. The zero-order chi connectivity index (χ0) is 13.1. The Kier molecular flexibility index (Phi) is 3.61. The molecule has 7 nitrogen and oxygen atoms in total. The number of likely N-dealkylation sites (N-methyl/N-ethyl adjacent to an activating group) is 1. The fourth-order valence-corrected chi connectivity index (χ4v) is 2.10. The molecule has 2 rings (SSSR count). The van der Waals surface area contributed by atoms with Crippen molar-refractivity contribution < 1.29 is 9.66 Å². The maximum absolute atomic E-state index is 11.0. The number of ether oxygens (including phenoxy) is 1. The van der Waals surface area contributed by atoms with Crippen LogP contribution in [-0.2, 0) is 0 Å². The second kappa shape index (κ2) is 5.18. The van der Waals surface area contributed by atoms with Gasteiger partial charge in [0.1, 0.15) is 0 Å². The number of hydrogen-bond donors (Lipinski definition) is 1. The Bertz CT molecular complexity index is 452. The first-order valence-corrected chi connectivity index (χ1v) is 5.77. The van der Waals surface area contributed by atoms with Crippen LogP contribution >= 0.6 is 0 Å². The standard InChI is InChI=1S/C11H16N4O3/c1-12-8-5-6-14(7-8)11-9(15(16)17)3-4-10(13-11)18-2/h3-4,8,12H,5-7H2,1-2H3. The van der Waals surface area contributed by atoms with Gasteiger partial charge in [0, 0.05) is 31.3 Å². The van der Waals surface area contributed by atoms with Crippen molar-refractivity contribution in [3.8, 4) is 5.88 Å². The van der Waals surface area contributed by atoms with Crippen LogP contribution in [0, 0.1) is 10.1 Å². The van der Waals surface area contributed by atoms with Crippen LogP contribution in [0.2, 0.25) is 0 Å². The average molecular weight is 252 g/mol. The average Bonchev–Trinajstić information content (AvgIpc) is 2.86. The van der Waals surface area contributed by atoms with E-state index in [1.807, 2.05) is 11.9 Å². The quantitative estimate of drug-likeness (QED) is 0.630. The molecule has 1 N–H and O–H groups in total. The molecule has 1 aliphatic heterocycles. The van der Waals surface area contributed by atoms with Crippen molar-refractivity contribution in [2.24, 2.45) is 0 Å². The molecule has 1 saturated heterocycles. The summed E-state index contributed by atoms with van der Waals surface area (Å²) in [6.45, 7) is 1.48. The third-order valence-electron chi connectivity index (χ3n) is 3.13. The first-order chi connectivity index (χ1) is 8.65. The Morgan fingerprint density at radius 1 is 1.61 bits per heavy atom. The fourth-order valence-electron chi connectivity index (χ4n) is 2.10. The van der Waals surface area contributed by atoms with Crippen molar-refractivity contribution in [2.45, 2.75) is 12.5 Å². The molecule has 18 heavy (non-hydrogen) atoms. The Labute approximate surface area is 105 Å². The molecule has 0 radical (unpaired) electrons. The van der Waals surface area contributed by atoms with E-state index in [1.54, 1.807) is 0 Å². The lowest BCUT2D eigenvalue weighted by atomic mass is 10.3. The zero-order valence-corrected chi connectivity index (χ0v) is 10.4. The molecule has 0 spiro atoms. The monoisotopic (exact) mass is 252 g/mol. The van der Waals surface area contributed by atoms with Gasteiger partial charge in [-0.05, 0) is 13.5 Å². The summed E-state index contributed by atoms with van der Waals surface area (Å²) in [5.74, 6) is 0.778. The van der Waals surface area contributed by atoms with Gasteiger partial charge < -0.3 is 15.0 Å². The molecule has 1 unspecified atom stereocenters. The highest BCUT2D eigenvalue weighted by Gasteiger charge is 2.28. The second-order valence-corrected chi connectivity index (χ2v) is 4.17. The van der Waals surface area contributed by atoms with Crippen LogP contribution < -0.4 is 15.0 Å². The van der Waals surface area contributed by atoms with Crippen LogP contribution in [0.1, 0.15) is 6.42 Å². The molecule has 1 fully saturated rings. The lowest BCUT2D eigenvalue weighted by Gasteiger charge is -2.17. The molecule has 1 atom stereocenters. The number of aromatic nitrogens is 1. The summed E-state index contributed by atoms with van der Waals surface area (Å²) in [5, 5.41) is 14.2. The summed E-state index contributed by atoms with van der Waals surface area (Å²) in [6.07, 6.45) is 0.951. The summed E-state index contributed by atoms with van der Waals surface area (Å²) in [7, 11) is 3.39. The SMILES string of the molecule is CNC1CCN(c2nc(OC)ccc2[N+](=O)[O-])C1. The van der Waals surface area contributed by atoms with Crippen molar-refractivity contribution in [1.29, 1.82) is 0 Å². The van der Waals surface area contributed by atoms with Crippen LogP contribution in [0.4, 0.5) is 11.5 Å². The second-order valence-electron chi connectivity index (χ2n) is 4.17. The first kappa shape index (κ1) is 12.6. The van der Waals surface area contributed by atoms with Gasteiger partial charge in [0.05, 0.1) is 12.0 Å². The van der Waals surface area contributed by atoms with Crippen LogP contribution in [0.15, 0.2) is 12.1 Å². The fraction of sp³-hybridized carbons (Fsp3) is 0.545. The van der Waals surface area contributed by atoms with Gasteiger partial charge in [-0.15, -0.1) is 0 Å². The molecule has 1 aliphatic rings. The summed E-state index contributed by atoms with van der Waals surface area (Å²) in [4.78, 5) is 16.7. The van der Waals surface area contributed by atoms with E-state index in [1.165, 1.54) is 19.2 Å². The van der Waals surface area contributed by atoms with Gasteiger partial charge in [0.15, 0.2) is 0 Å². The molecular weight excluding hydrogens is 236 g/mol. The van der Waals surface area contributed by atoms with Gasteiger partial charge in [-0.25, -0.2) is 0 Å². The number of rotatable bonds is 4. The Balaban J connectivity index is 2.32. The van der Waals surface area contributed by atoms with Crippen LogP contribution in [0.5, 0.6) is 5.88 Å². The van der Waals surface area contributed by atoms with Crippen molar-refractivity contribution in [3.05, 3.63) is 22.2 Å². The number of hydrogen-bond acceptors (Lipinski definition) is 6. The van der Waals surface area contributed by atoms with E-state index in [-0.39, 0.29) is 5.69 Å². The smallest absolute Gasteiger partial charge is 0.311 e. The molecule has 98 valence electrons. The summed E-state index contributed by atoms with van der Waals surface area (Å²) in [5.41, 5.74) is 0.0209. The molecule has 0 saturated carbocycles. The first-order valence-electron chi connectivity index (χ1n) is 5.77. The maximum Gasteiger partial charge on any atom is 0.311 e. The van der Waals surface area contributed by atoms with E-state index in [4.69, 9.17) is 4.74 Å². The minimum Gasteiger partial charge on any atom is -0.481 e. The largest absolute Gasteiger partial charge is 0.481 e. The number of methoxy groups -OCH3 is 1. The summed E-state index contributed by atoms with van der Waals surface area (Å²) < 4.78 is 5.03. The molecular formula is C11H16N4O3. The molecule has 0 bridgehead atoms. The van der Waals surface area contributed by atoms with Gasteiger partial charge in [0.25, 0.3) is 0 Å². The number of nitrogens with zero attached hydrogens (tertiary/aromatic N) is 3. The lowest BCUT2D eigenvalue weighted by molar-refractivity contribution is -0.384. The van der Waals surface area contributed by atoms with Gasteiger partial charge in [-0.2, -0.15) is 4.98 Å². The van der Waals surface area contributed by atoms with E-state index in [0.717, 1.165) is 19.5 Å². The molecule has 1 aromatic heterocycles. The third-order valence-corrected chi connectivity index (χ3v) is 3.13. The maximum atomic E-state index is 11.0. The molecule has 0 aromatic carbocycles. The predicted molar refractivity (Wildman–Crippen MR) is 67.1 cm³/mol. The van der Waals surface area contributed by atoms with Crippen molar-refractivity contribution >= 4 is 11.5 Å². The topological polar surface area (TPSA) is 80.5 Å². The van der Waals surface area contributed by atoms with E-state index in [2.05, 4.69) is 10.3 Å². The number of pyridine rings is 1. The van der Waals surface area contributed by atoms with Gasteiger partial charge in [-0.1, -0.05) is 0 Å². The Morgan fingerprint density at radius 2 is 2.39 bits per heavy atom. The minimum atomic E-state index is -0.408. The van der Waals surface area contributed by atoms with Crippen molar-refractivity contribution in [1.82, 2.24) is 10.3 Å². The minimum absolute atomic E-state index is 0.0209. The highest BCUT2D eigenvalue weighted by atomic mass is 16.6. The highest BCUT2D eigenvalue weighted by Crippen LogP contribution is 2.30. The third kappa shape index (κ3) is 2.35. The predicted octanol–water partition coefficient (Wildman–Crippen LogP) is 0.796. The normalized spacial score (nSPS) is 19.0. The van der Waals surface area contributed by atoms with Crippen LogP contribution in [-0.4, -0.2) is 43.2 Å². The zero-order valence-electron chi connectivity index (χ0n) is 10.4.